The van der Waals surface area contributed by atoms with Crippen molar-refractivity contribution in [3.8, 4) is 0 Å². The minimum absolute atomic E-state index is 0.143. The first-order valence-electron chi connectivity index (χ1n) is 5.42. The van der Waals surface area contributed by atoms with Crippen molar-refractivity contribution in [2.24, 2.45) is 5.41 Å². The van der Waals surface area contributed by atoms with Crippen molar-refractivity contribution in [1.29, 1.82) is 0 Å². The van der Waals surface area contributed by atoms with Gasteiger partial charge in [0.1, 0.15) is 0 Å². The van der Waals surface area contributed by atoms with Crippen LogP contribution in [-0.2, 0) is 4.79 Å². The summed E-state index contributed by atoms with van der Waals surface area (Å²) in [6.45, 7) is 0.143. The Balaban J connectivity index is 2.05. The quantitative estimate of drug-likeness (QED) is 0.891. The number of rotatable bonds is 4. The molecule has 0 aromatic heterocycles. The van der Waals surface area contributed by atoms with Gasteiger partial charge >= 0.3 is 5.97 Å². The summed E-state index contributed by atoms with van der Waals surface area (Å²) in [7, 11) is 0. The minimum Gasteiger partial charge on any atom is -0.481 e. The van der Waals surface area contributed by atoms with Crippen molar-refractivity contribution in [2.45, 2.75) is 12.8 Å². The van der Waals surface area contributed by atoms with E-state index in [1.165, 1.54) is 0 Å². The molecule has 1 aliphatic carbocycles. The van der Waals surface area contributed by atoms with Crippen LogP contribution in [0.1, 0.15) is 23.2 Å². The van der Waals surface area contributed by atoms with Crippen LogP contribution in [0.3, 0.4) is 0 Å². The molecule has 2 rings (SSSR count). The maximum absolute atomic E-state index is 11.9. The van der Waals surface area contributed by atoms with Crippen molar-refractivity contribution >= 4 is 39.4 Å². The number of benzene rings is 1. The average molecular weight is 333 g/mol. The molecule has 0 heterocycles. The number of carbonyl (C=O) groups is 2. The number of halogens is 2. The highest BCUT2D eigenvalue weighted by molar-refractivity contribution is 9.10. The fourth-order valence-electron chi connectivity index (χ4n) is 1.64. The molecule has 0 aliphatic heterocycles. The van der Waals surface area contributed by atoms with Gasteiger partial charge in [0, 0.05) is 11.0 Å². The van der Waals surface area contributed by atoms with Crippen molar-refractivity contribution in [3.05, 3.63) is 33.3 Å². The lowest BCUT2D eigenvalue weighted by Gasteiger charge is -2.12. The van der Waals surface area contributed by atoms with Crippen LogP contribution in [0, 0.1) is 5.41 Å². The van der Waals surface area contributed by atoms with Gasteiger partial charge in [0.2, 0.25) is 0 Å². The molecule has 1 aromatic carbocycles. The third kappa shape index (κ3) is 2.52. The maximum Gasteiger partial charge on any atom is 0.311 e. The molecule has 0 saturated heterocycles. The lowest BCUT2D eigenvalue weighted by atomic mass is 10.1. The van der Waals surface area contributed by atoms with Crippen LogP contribution in [0.25, 0.3) is 0 Å². The third-order valence-electron chi connectivity index (χ3n) is 3.09. The summed E-state index contributed by atoms with van der Waals surface area (Å²) in [6, 6.07) is 5.04. The first-order chi connectivity index (χ1) is 8.46. The van der Waals surface area contributed by atoms with Gasteiger partial charge in [0.15, 0.2) is 0 Å². The van der Waals surface area contributed by atoms with Crippen molar-refractivity contribution in [2.75, 3.05) is 6.54 Å². The number of carbonyl (C=O) groups excluding carboxylic acids is 1. The molecule has 1 aliphatic rings. The van der Waals surface area contributed by atoms with E-state index in [0.717, 1.165) is 0 Å². The molecule has 0 atom stereocenters. The molecule has 1 saturated carbocycles. The van der Waals surface area contributed by atoms with Crippen molar-refractivity contribution in [1.82, 2.24) is 5.32 Å². The highest BCUT2D eigenvalue weighted by Crippen LogP contribution is 2.45. The number of carboxylic acid groups (broad SMARTS) is 1. The average Bonchev–Trinajstić information content (AvgIpc) is 3.11. The topological polar surface area (TPSA) is 66.4 Å². The van der Waals surface area contributed by atoms with Gasteiger partial charge in [0.05, 0.1) is 16.0 Å². The van der Waals surface area contributed by atoms with Gasteiger partial charge in [-0.15, -0.1) is 0 Å². The van der Waals surface area contributed by atoms with E-state index < -0.39 is 11.4 Å². The fraction of sp³-hybridized carbons (Fsp3) is 0.333. The van der Waals surface area contributed by atoms with E-state index in [4.69, 9.17) is 16.7 Å². The number of hydrogen-bond donors (Lipinski definition) is 2. The standard InChI is InChI=1S/C12H11BrClNO3/c13-8-3-1-2-7(9(8)14)10(16)15-6-12(4-5-12)11(17)18/h1-3H,4-6H2,(H,15,16)(H,17,18). The number of carboxylic acids is 1. The van der Waals surface area contributed by atoms with E-state index in [-0.39, 0.29) is 12.5 Å². The molecule has 6 heteroatoms. The smallest absolute Gasteiger partial charge is 0.311 e. The van der Waals surface area contributed by atoms with Gasteiger partial charge < -0.3 is 10.4 Å². The van der Waals surface area contributed by atoms with Crippen LogP contribution in [0.4, 0.5) is 0 Å². The van der Waals surface area contributed by atoms with E-state index in [1.807, 2.05) is 0 Å². The zero-order chi connectivity index (χ0) is 13.3. The molecular formula is C12H11BrClNO3. The summed E-state index contributed by atoms with van der Waals surface area (Å²) in [4.78, 5) is 22.9. The molecule has 2 N–H and O–H groups in total. The second-order valence-corrected chi connectivity index (χ2v) is 5.60. The summed E-state index contributed by atoms with van der Waals surface area (Å²) in [5.41, 5.74) is -0.430. The zero-order valence-electron chi connectivity index (χ0n) is 9.37. The Morgan fingerprint density at radius 3 is 2.67 bits per heavy atom. The van der Waals surface area contributed by atoms with Crippen LogP contribution in [0.5, 0.6) is 0 Å². The number of aliphatic carboxylic acids is 1. The monoisotopic (exact) mass is 331 g/mol. The molecule has 0 bridgehead atoms. The van der Waals surface area contributed by atoms with Gasteiger partial charge in [-0.2, -0.15) is 0 Å². The minimum atomic E-state index is -0.858. The van der Waals surface area contributed by atoms with Gasteiger partial charge in [-0.1, -0.05) is 17.7 Å². The van der Waals surface area contributed by atoms with Crippen LogP contribution >= 0.6 is 27.5 Å². The summed E-state index contributed by atoms with van der Waals surface area (Å²) >= 11 is 9.23. The Morgan fingerprint density at radius 2 is 2.11 bits per heavy atom. The molecule has 4 nitrogen and oxygen atoms in total. The van der Waals surface area contributed by atoms with Crippen LogP contribution in [0.15, 0.2) is 22.7 Å². The molecule has 0 spiro atoms. The molecular weight excluding hydrogens is 321 g/mol. The highest BCUT2D eigenvalue weighted by Gasteiger charge is 2.50. The fourth-order valence-corrected chi connectivity index (χ4v) is 2.22. The van der Waals surface area contributed by atoms with Crippen molar-refractivity contribution < 1.29 is 14.7 Å². The van der Waals surface area contributed by atoms with E-state index in [0.29, 0.717) is 27.9 Å². The van der Waals surface area contributed by atoms with Gasteiger partial charge in [-0.3, -0.25) is 9.59 Å². The Kier molecular flexibility index (Phi) is 3.64. The van der Waals surface area contributed by atoms with Crippen molar-refractivity contribution in [3.63, 3.8) is 0 Å². The predicted molar refractivity (Wildman–Crippen MR) is 70.8 cm³/mol. The van der Waals surface area contributed by atoms with Crippen LogP contribution in [-0.4, -0.2) is 23.5 Å². The SMILES string of the molecule is O=C(NCC1(C(=O)O)CC1)c1cccc(Br)c1Cl. The Labute approximate surface area is 117 Å². The maximum atomic E-state index is 11.9. The summed E-state index contributed by atoms with van der Waals surface area (Å²) in [6.07, 6.45) is 1.21. The normalized spacial score (nSPS) is 16.1. The predicted octanol–water partition coefficient (Wildman–Crippen LogP) is 2.70. The first-order valence-corrected chi connectivity index (χ1v) is 6.59. The number of nitrogens with one attached hydrogen (secondary N) is 1. The lowest BCUT2D eigenvalue weighted by Crippen LogP contribution is -2.34. The zero-order valence-corrected chi connectivity index (χ0v) is 11.7. The van der Waals surface area contributed by atoms with Crippen LogP contribution < -0.4 is 5.32 Å². The van der Waals surface area contributed by atoms with E-state index in [2.05, 4.69) is 21.2 Å². The molecule has 1 amide bonds. The van der Waals surface area contributed by atoms with E-state index in [9.17, 15) is 9.59 Å². The summed E-state index contributed by atoms with van der Waals surface area (Å²) in [5, 5.41) is 12.0. The Bertz CT molecular complexity index is 514. The first kappa shape index (κ1) is 13.4. The lowest BCUT2D eigenvalue weighted by molar-refractivity contribution is -0.143. The van der Waals surface area contributed by atoms with Crippen LogP contribution in [0.2, 0.25) is 5.02 Å². The second-order valence-electron chi connectivity index (χ2n) is 4.37. The number of amides is 1. The molecule has 18 heavy (non-hydrogen) atoms. The van der Waals surface area contributed by atoms with E-state index >= 15 is 0 Å². The summed E-state index contributed by atoms with van der Waals surface area (Å²) in [5.74, 6) is -1.21. The largest absolute Gasteiger partial charge is 0.481 e. The highest BCUT2D eigenvalue weighted by atomic mass is 79.9. The van der Waals surface area contributed by atoms with Gasteiger partial charge in [0.25, 0.3) is 5.91 Å². The Hall–Kier alpha value is -1.07. The molecule has 1 fully saturated rings. The van der Waals surface area contributed by atoms with Gasteiger partial charge in [-0.05, 0) is 40.9 Å². The van der Waals surface area contributed by atoms with Gasteiger partial charge in [-0.25, -0.2) is 0 Å². The second kappa shape index (κ2) is 4.90. The Morgan fingerprint density at radius 1 is 1.44 bits per heavy atom. The molecule has 1 aromatic rings. The molecule has 0 radical (unpaired) electrons. The molecule has 96 valence electrons. The molecule has 0 unspecified atom stereocenters. The summed E-state index contributed by atoms with van der Waals surface area (Å²) < 4.78 is 0.635. The van der Waals surface area contributed by atoms with E-state index in [1.54, 1.807) is 18.2 Å². The number of hydrogen-bond acceptors (Lipinski definition) is 2. The third-order valence-corrected chi connectivity index (χ3v) is 4.39.